The summed E-state index contributed by atoms with van der Waals surface area (Å²) < 4.78 is 5.12. The van der Waals surface area contributed by atoms with Gasteiger partial charge in [-0.25, -0.2) is 0 Å². The maximum Gasteiger partial charge on any atom is 0.221 e. The molecule has 1 amide bonds. The van der Waals surface area contributed by atoms with Crippen LogP contribution in [0.25, 0.3) is 0 Å². The van der Waals surface area contributed by atoms with E-state index >= 15 is 0 Å². The van der Waals surface area contributed by atoms with Crippen LogP contribution in [-0.2, 0) is 11.2 Å². The Morgan fingerprint density at radius 3 is 2.35 bits per heavy atom. The van der Waals surface area contributed by atoms with Crippen molar-refractivity contribution in [2.45, 2.75) is 39.2 Å². The van der Waals surface area contributed by atoms with E-state index in [2.05, 4.69) is 22.8 Å². The summed E-state index contributed by atoms with van der Waals surface area (Å²) in [5, 5.41) is 6.23. The van der Waals surface area contributed by atoms with Crippen LogP contribution in [-0.4, -0.2) is 31.6 Å². The number of rotatable bonds is 7. The SMILES string of the molecule is COc1ccc(CCNCCC(=O)NC(C)(C)C)cc1. The van der Waals surface area contributed by atoms with E-state index in [9.17, 15) is 4.79 Å². The van der Waals surface area contributed by atoms with Crippen molar-refractivity contribution < 1.29 is 9.53 Å². The van der Waals surface area contributed by atoms with Crippen molar-refractivity contribution >= 4 is 5.91 Å². The summed E-state index contributed by atoms with van der Waals surface area (Å²) in [5.41, 5.74) is 1.11. The number of nitrogens with one attached hydrogen (secondary N) is 2. The first-order valence-corrected chi connectivity index (χ1v) is 7.05. The second kappa shape index (κ2) is 7.90. The average Bonchev–Trinajstić information content (AvgIpc) is 2.37. The molecule has 0 spiro atoms. The molecule has 20 heavy (non-hydrogen) atoms. The molecule has 0 aromatic heterocycles. The summed E-state index contributed by atoms with van der Waals surface area (Å²) in [4.78, 5) is 11.6. The molecule has 0 saturated heterocycles. The third-order valence-electron chi connectivity index (χ3n) is 2.79. The molecule has 2 N–H and O–H groups in total. The summed E-state index contributed by atoms with van der Waals surface area (Å²) in [6.07, 6.45) is 1.46. The summed E-state index contributed by atoms with van der Waals surface area (Å²) in [7, 11) is 1.67. The van der Waals surface area contributed by atoms with E-state index in [-0.39, 0.29) is 11.4 Å². The number of carbonyl (C=O) groups is 1. The Kier molecular flexibility index (Phi) is 6.52. The third kappa shape index (κ3) is 7.14. The highest BCUT2D eigenvalue weighted by atomic mass is 16.5. The van der Waals surface area contributed by atoms with Gasteiger partial charge in [0, 0.05) is 18.5 Å². The molecule has 0 aliphatic rings. The zero-order valence-electron chi connectivity index (χ0n) is 13.0. The van der Waals surface area contributed by atoms with E-state index in [0.717, 1.165) is 18.7 Å². The highest BCUT2D eigenvalue weighted by Crippen LogP contribution is 2.11. The first-order valence-electron chi connectivity index (χ1n) is 7.05. The monoisotopic (exact) mass is 278 g/mol. The van der Waals surface area contributed by atoms with Crippen LogP contribution >= 0.6 is 0 Å². The van der Waals surface area contributed by atoms with Gasteiger partial charge in [-0.15, -0.1) is 0 Å². The third-order valence-corrected chi connectivity index (χ3v) is 2.79. The van der Waals surface area contributed by atoms with Gasteiger partial charge < -0.3 is 15.4 Å². The van der Waals surface area contributed by atoms with Crippen LogP contribution in [0.3, 0.4) is 0 Å². The second-order valence-corrected chi connectivity index (χ2v) is 5.90. The smallest absolute Gasteiger partial charge is 0.221 e. The van der Waals surface area contributed by atoms with Crippen molar-refractivity contribution in [2.24, 2.45) is 0 Å². The first kappa shape index (κ1) is 16.5. The van der Waals surface area contributed by atoms with Gasteiger partial charge in [0.15, 0.2) is 0 Å². The van der Waals surface area contributed by atoms with Gasteiger partial charge in [-0.1, -0.05) is 12.1 Å². The number of hydrogen-bond donors (Lipinski definition) is 2. The number of ether oxygens (including phenoxy) is 1. The highest BCUT2D eigenvalue weighted by Gasteiger charge is 2.12. The second-order valence-electron chi connectivity index (χ2n) is 5.90. The van der Waals surface area contributed by atoms with Crippen molar-refractivity contribution in [3.8, 4) is 5.75 Å². The van der Waals surface area contributed by atoms with Crippen molar-refractivity contribution in [1.29, 1.82) is 0 Å². The molecule has 1 aromatic carbocycles. The van der Waals surface area contributed by atoms with Gasteiger partial charge in [0.05, 0.1) is 7.11 Å². The number of benzene rings is 1. The molecular weight excluding hydrogens is 252 g/mol. The number of hydrogen-bond acceptors (Lipinski definition) is 3. The molecule has 112 valence electrons. The van der Waals surface area contributed by atoms with Crippen LogP contribution < -0.4 is 15.4 Å². The number of carbonyl (C=O) groups excluding carboxylic acids is 1. The molecule has 0 radical (unpaired) electrons. The molecule has 0 saturated carbocycles. The molecule has 0 heterocycles. The van der Waals surface area contributed by atoms with E-state index in [1.807, 2.05) is 32.9 Å². The maximum absolute atomic E-state index is 11.6. The Balaban J connectivity index is 2.14. The van der Waals surface area contributed by atoms with Crippen LogP contribution in [0.4, 0.5) is 0 Å². The van der Waals surface area contributed by atoms with Crippen LogP contribution in [0.5, 0.6) is 5.75 Å². The fraction of sp³-hybridized carbons (Fsp3) is 0.562. The fourth-order valence-electron chi connectivity index (χ4n) is 1.83. The van der Waals surface area contributed by atoms with Gasteiger partial charge in [0.1, 0.15) is 5.75 Å². The van der Waals surface area contributed by atoms with Gasteiger partial charge >= 0.3 is 0 Å². The first-order chi connectivity index (χ1) is 9.40. The quantitative estimate of drug-likeness (QED) is 0.751. The summed E-state index contributed by atoms with van der Waals surface area (Å²) in [6.45, 7) is 7.54. The molecule has 0 fully saturated rings. The molecule has 0 bridgehead atoms. The molecule has 0 unspecified atom stereocenters. The van der Waals surface area contributed by atoms with Crippen molar-refractivity contribution in [3.63, 3.8) is 0 Å². The maximum atomic E-state index is 11.6. The standard InChI is InChI=1S/C16H26N2O2/c1-16(2,3)18-15(19)10-12-17-11-9-13-5-7-14(20-4)8-6-13/h5-8,17H,9-12H2,1-4H3,(H,18,19). The summed E-state index contributed by atoms with van der Waals surface area (Å²) in [5.74, 6) is 0.968. The van der Waals surface area contributed by atoms with Crippen molar-refractivity contribution in [1.82, 2.24) is 10.6 Å². The molecule has 0 aliphatic carbocycles. The van der Waals surface area contributed by atoms with E-state index in [0.29, 0.717) is 13.0 Å². The predicted octanol–water partition coefficient (Wildman–Crippen LogP) is 2.13. The largest absolute Gasteiger partial charge is 0.497 e. The topological polar surface area (TPSA) is 50.4 Å². The lowest BCUT2D eigenvalue weighted by Crippen LogP contribution is -2.41. The minimum Gasteiger partial charge on any atom is -0.497 e. The summed E-state index contributed by atoms with van der Waals surface area (Å²) >= 11 is 0. The van der Waals surface area contributed by atoms with E-state index in [4.69, 9.17) is 4.74 Å². The Morgan fingerprint density at radius 2 is 1.80 bits per heavy atom. The zero-order chi connectivity index (χ0) is 15.0. The molecule has 4 heteroatoms. The van der Waals surface area contributed by atoms with Gasteiger partial charge in [-0.2, -0.15) is 0 Å². The van der Waals surface area contributed by atoms with Gasteiger partial charge in [0.25, 0.3) is 0 Å². The zero-order valence-corrected chi connectivity index (χ0v) is 13.0. The fourth-order valence-corrected chi connectivity index (χ4v) is 1.83. The van der Waals surface area contributed by atoms with Crippen LogP contribution in [0.2, 0.25) is 0 Å². The van der Waals surface area contributed by atoms with Crippen LogP contribution in [0.1, 0.15) is 32.8 Å². The molecule has 0 aliphatic heterocycles. The van der Waals surface area contributed by atoms with E-state index in [1.165, 1.54) is 5.56 Å². The lowest BCUT2D eigenvalue weighted by Gasteiger charge is -2.20. The molecule has 1 rings (SSSR count). The number of methoxy groups -OCH3 is 1. The van der Waals surface area contributed by atoms with E-state index < -0.39 is 0 Å². The van der Waals surface area contributed by atoms with Gasteiger partial charge in [-0.3, -0.25) is 4.79 Å². The molecule has 1 aromatic rings. The Bertz CT molecular complexity index is 407. The van der Waals surface area contributed by atoms with Crippen molar-refractivity contribution in [3.05, 3.63) is 29.8 Å². The lowest BCUT2D eigenvalue weighted by molar-refractivity contribution is -0.122. The minimum absolute atomic E-state index is 0.0921. The van der Waals surface area contributed by atoms with Crippen molar-refractivity contribution in [2.75, 3.05) is 20.2 Å². The Labute approximate surface area is 121 Å². The van der Waals surface area contributed by atoms with Crippen LogP contribution in [0.15, 0.2) is 24.3 Å². The Hall–Kier alpha value is -1.55. The predicted molar refractivity (Wildman–Crippen MR) is 82.1 cm³/mol. The normalized spacial score (nSPS) is 11.2. The number of amides is 1. The van der Waals surface area contributed by atoms with Gasteiger partial charge in [0.2, 0.25) is 5.91 Å². The Morgan fingerprint density at radius 1 is 1.15 bits per heavy atom. The minimum atomic E-state index is -0.153. The molecule has 4 nitrogen and oxygen atoms in total. The molecular formula is C16H26N2O2. The van der Waals surface area contributed by atoms with Crippen LogP contribution in [0, 0.1) is 0 Å². The average molecular weight is 278 g/mol. The molecule has 0 atom stereocenters. The summed E-state index contributed by atoms with van der Waals surface area (Å²) in [6, 6.07) is 8.05. The lowest BCUT2D eigenvalue weighted by atomic mass is 10.1. The van der Waals surface area contributed by atoms with E-state index in [1.54, 1.807) is 7.11 Å². The highest BCUT2D eigenvalue weighted by molar-refractivity contribution is 5.76. The van der Waals surface area contributed by atoms with Gasteiger partial charge in [-0.05, 0) is 51.4 Å².